The minimum absolute atomic E-state index is 0.0130. The number of hydrogen-bond acceptors (Lipinski definition) is 5. The van der Waals surface area contributed by atoms with Gasteiger partial charge >= 0.3 is 0 Å². The summed E-state index contributed by atoms with van der Waals surface area (Å²) in [4.78, 5) is 22.0. The fraction of sp³-hybridized carbons (Fsp3) is 0.133. The Morgan fingerprint density at radius 1 is 1.25 bits per heavy atom. The van der Waals surface area contributed by atoms with E-state index in [4.69, 9.17) is 28.3 Å². The van der Waals surface area contributed by atoms with Crippen molar-refractivity contribution < 1.29 is 19.9 Å². The normalized spacial score (nSPS) is 9.67. The summed E-state index contributed by atoms with van der Waals surface area (Å²) in [5, 5.41) is 30.5. The van der Waals surface area contributed by atoms with Crippen LogP contribution in [-0.2, 0) is 0 Å². The molecule has 0 unspecified atom stereocenters. The molecule has 2 rings (SSSR count). The van der Waals surface area contributed by atoms with Crippen LogP contribution in [0.25, 0.3) is 0 Å². The van der Waals surface area contributed by atoms with E-state index in [-0.39, 0.29) is 39.3 Å². The molecule has 2 aromatic rings. The number of rotatable bonds is 3. The molecule has 3 N–H and O–H groups in total. The molecule has 128 valence electrons. The van der Waals surface area contributed by atoms with Crippen LogP contribution in [-0.4, -0.2) is 27.7 Å². The largest absolute Gasteiger partial charge is 0.507 e. The van der Waals surface area contributed by atoms with Gasteiger partial charge in [0, 0.05) is 23.8 Å². The first-order valence-corrected chi connectivity index (χ1v) is 7.40. The van der Waals surface area contributed by atoms with Gasteiger partial charge in [-0.3, -0.25) is 14.9 Å². The lowest BCUT2D eigenvalue weighted by Gasteiger charge is -2.08. The second-order valence-electron chi connectivity index (χ2n) is 4.35. The van der Waals surface area contributed by atoms with Gasteiger partial charge in [0.1, 0.15) is 5.75 Å². The van der Waals surface area contributed by atoms with Gasteiger partial charge in [-0.1, -0.05) is 23.2 Å². The molecule has 1 amide bonds. The molecule has 0 radical (unpaired) electrons. The molecule has 0 fully saturated rings. The van der Waals surface area contributed by atoms with Crippen LogP contribution in [0.3, 0.4) is 0 Å². The molecule has 0 heterocycles. The van der Waals surface area contributed by atoms with Crippen molar-refractivity contribution in [1.29, 1.82) is 0 Å². The summed E-state index contributed by atoms with van der Waals surface area (Å²) in [5.74, 6) is -0.874. The monoisotopic (exact) mass is 372 g/mol. The number of aromatic hydroxyl groups is 1. The molecule has 9 heteroatoms. The van der Waals surface area contributed by atoms with Gasteiger partial charge in [0.05, 0.1) is 21.2 Å². The molecule has 0 bridgehead atoms. The summed E-state index contributed by atoms with van der Waals surface area (Å²) in [5.41, 5.74) is -0.0350. The van der Waals surface area contributed by atoms with Crippen LogP contribution in [0.4, 0.5) is 11.4 Å². The van der Waals surface area contributed by atoms with Gasteiger partial charge in [-0.15, -0.1) is 0 Å². The summed E-state index contributed by atoms with van der Waals surface area (Å²) in [6, 6.07) is 7.65. The number of nitro benzene ring substituents is 1. The molecule has 0 saturated carbocycles. The van der Waals surface area contributed by atoms with Gasteiger partial charge in [0.15, 0.2) is 0 Å². The van der Waals surface area contributed by atoms with E-state index < -0.39 is 10.8 Å². The summed E-state index contributed by atoms with van der Waals surface area (Å²) >= 11 is 11.6. The van der Waals surface area contributed by atoms with E-state index in [2.05, 4.69) is 5.32 Å². The number of halogens is 2. The highest BCUT2D eigenvalue weighted by Crippen LogP contribution is 2.28. The predicted molar refractivity (Wildman–Crippen MR) is 91.9 cm³/mol. The summed E-state index contributed by atoms with van der Waals surface area (Å²) in [6.45, 7) is 1.93. The lowest BCUT2D eigenvalue weighted by molar-refractivity contribution is -0.384. The number of phenols is 1. The second kappa shape index (κ2) is 9.07. The third-order valence-electron chi connectivity index (χ3n) is 2.61. The topological polar surface area (TPSA) is 113 Å². The maximum absolute atomic E-state index is 12.0. The SMILES string of the molecule is CCO.O=C(Nc1ccc([N+](=O)[O-])cc1Cl)c1cc(Cl)ccc1O. The Hall–Kier alpha value is -2.35. The van der Waals surface area contributed by atoms with Crippen LogP contribution >= 0.6 is 23.2 Å². The number of aliphatic hydroxyl groups is 1. The summed E-state index contributed by atoms with van der Waals surface area (Å²) < 4.78 is 0. The fourth-order valence-corrected chi connectivity index (χ4v) is 1.99. The van der Waals surface area contributed by atoms with E-state index in [0.717, 1.165) is 6.07 Å². The van der Waals surface area contributed by atoms with E-state index in [1.165, 1.54) is 30.3 Å². The lowest BCUT2D eigenvalue weighted by Crippen LogP contribution is -2.12. The molecule has 0 atom stereocenters. The molecule has 0 aliphatic carbocycles. The third-order valence-corrected chi connectivity index (χ3v) is 3.16. The quantitative estimate of drug-likeness (QED) is 0.559. The smallest absolute Gasteiger partial charge is 0.271 e. The van der Waals surface area contributed by atoms with Crippen LogP contribution in [0.1, 0.15) is 17.3 Å². The van der Waals surface area contributed by atoms with E-state index in [1.54, 1.807) is 6.92 Å². The first kappa shape index (κ1) is 19.7. The average molecular weight is 373 g/mol. The van der Waals surface area contributed by atoms with E-state index >= 15 is 0 Å². The molecular weight excluding hydrogens is 359 g/mol. The molecule has 24 heavy (non-hydrogen) atoms. The zero-order chi connectivity index (χ0) is 18.3. The maximum atomic E-state index is 12.0. The van der Waals surface area contributed by atoms with Gasteiger partial charge in [0.25, 0.3) is 11.6 Å². The van der Waals surface area contributed by atoms with Crippen LogP contribution in [0.5, 0.6) is 5.75 Å². The molecule has 0 saturated heterocycles. The number of carbonyl (C=O) groups excluding carboxylic acids is 1. The number of hydrogen-bond donors (Lipinski definition) is 3. The van der Waals surface area contributed by atoms with Gasteiger partial charge in [-0.25, -0.2) is 0 Å². The van der Waals surface area contributed by atoms with Gasteiger partial charge < -0.3 is 15.5 Å². The highest BCUT2D eigenvalue weighted by atomic mass is 35.5. The number of benzene rings is 2. The van der Waals surface area contributed by atoms with Crippen molar-refractivity contribution in [2.24, 2.45) is 0 Å². The Morgan fingerprint density at radius 3 is 2.42 bits per heavy atom. The van der Waals surface area contributed by atoms with Gasteiger partial charge in [0.2, 0.25) is 0 Å². The molecule has 7 nitrogen and oxygen atoms in total. The number of phenolic OH excluding ortho intramolecular Hbond substituents is 1. The number of nitrogens with one attached hydrogen (secondary N) is 1. The van der Waals surface area contributed by atoms with Crippen molar-refractivity contribution in [3.05, 3.63) is 62.1 Å². The Morgan fingerprint density at radius 2 is 1.88 bits per heavy atom. The highest BCUT2D eigenvalue weighted by Gasteiger charge is 2.15. The first-order valence-electron chi connectivity index (χ1n) is 6.64. The van der Waals surface area contributed by atoms with Crippen LogP contribution in [0.15, 0.2) is 36.4 Å². The molecule has 0 aliphatic heterocycles. The van der Waals surface area contributed by atoms with Crippen molar-refractivity contribution in [2.45, 2.75) is 6.92 Å². The Balaban J connectivity index is 0.000000891. The van der Waals surface area contributed by atoms with E-state index in [1.807, 2.05) is 0 Å². The number of nitro groups is 1. The number of nitrogens with zero attached hydrogens (tertiary/aromatic N) is 1. The summed E-state index contributed by atoms with van der Waals surface area (Å²) in [7, 11) is 0. The average Bonchev–Trinajstić information content (AvgIpc) is 2.52. The minimum Gasteiger partial charge on any atom is -0.507 e. The number of anilines is 1. The summed E-state index contributed by atoms with van der Waals surface area (Å²) in [6.07, 6.45) is 0. The van der Waals surface area contributed by atoms with Crippen LogP contribution in [0.2, 0.25) is 10.0 Å². The lowest BCUT2D eigenvalue weighted by atomic mass is 10.2. The van der Waals surface area contributed by atoms with Crippen molar-refractivity contribution in [3.8, 4) is 5.75 Å². The molecule has 0 spiro atoms. The number of amides is 1. The molecular formula is C15H14Cl2N2O5. The number of aliphatic hydroxyl groups excluding tert-OH is 1. The van der Waals surface area contributed by atoms with E-state index in [0.29, 0.717) is 0 Å². The maximum Gasteiger partial charge on any atom is 0.271 e. The predicted octanol–water partition coefficient (Wildman–Crippen LogP) is 3.86. The number of carbonyl (C=O) groups is 1. The highest BCUT2D eigenvalue weighted by molar-refractivity contribution is 6.34. The van der Waals surface area contributed by atoms with E-state index in [9.17, 15) is 20.0 Å². The second-order valence-corrected chi connectivity index (χ2v) is 5.20. The van der Waals surface area contributed by atoms with Gasteiger partial charge in [-0.2, -0.15) is 0 Å². The Labute approximate surface area is 147 Å². The van der Waals surface area contributed by atoms with Crippen molar-refractivity contribution in [1.82, 2.24) is 0 Å². The Bertz CT molecular complexity index is 753. The Kier molecular flexibility index (Phi) is 7.44. The van der Waals surface area contributed by atoms with Crippen molar-refractivity contribution >= 4 is 40.5 Å². The van der Waals surface area contributed by atoms with Gasteiger partial charge in [-0.05, 0) is 31.2 Å². The van der Waals surface area contributed by atoms with Crippen LogP contribution < -0.4 is 5.32 Å². The standard InChI is InChI=1S/C13H8Cl2N2O4.C2H6O/c14-7-1-4-12(18)9(5-7)13(19)16-11-3-2-8(17(20)21)6-10(11)15;1-2-3/h1-6,18H,(H,16,19);3H,2H2,1H3. The number of non-ortho nitro benzene ring substituents is 1. The molecule has 0 aliphatic rings. The molecule has 2 aromatic carbocycles. The molecule has 0 aromatic heterocycles. The first-order chi connectivity index (χ1) is 11.3. The third kappa shape index (κ3) is 5.38. The fourth-order valence-electron chi connectivity index (χ4n) is 1.60. The van der Waals surface area contributed by atoms with Crippen molar-refractivity contribution in [3.63, 3.8) is 0 Å². The van der Waals surface area contributed by atoms with Crippen LogP contribution in [0, 0.1) is 10.1 Å². The zero-order valence-electron chi connectivity index (χ0n) is 12.5. The zero-order valence-corrected chi connectivity index (χ0v) is 14.0. The van der Waals surface area contributed by atoms with Crippen molar-refractivity contribution in [2.75, 3.05) is 11.9 Å². The minimum atomic E-state index is -0.634.